The lowest BCUT2D eigenvalue weighted by Gasteiger charge is -2.44. The zero-order valence-electron chi connectivity index (χ0n) is 17.7. The number of anilines is 1. The van der Waals surface area contributed by atoms with Crippen LogP contribution >= 0.6 is 0 Å². The second-order valence-electron chi connectivity index (χ2n) is 8.13. The molecule has 0 N–H and O–H groups in total. The molecule has 1 fully saturated rings. The molecule has 0 saturated heterocycles. The van der Waals surface area contributed by atoms with Crippen LogP contribution < -0.4 is 14.4 Å². The number of carbonyl (C=O) groups is 1. The van der Waals surface area contributed by atoms with Gasteiger partial charge >= 0.3 is 0 Å². The van der Waals surface area contributed by atoms with Crippen LogP contribution in [0, 0.1) is 5.92 Å². The number of ketones is 1. The van der Waals surface area contributed by atoms with Crippen molar-refractivity contribution in [3.63, 3.8) is 0 Å². The second kappa shape index (κ2) is 8.48. The number of hydrogen-bond acceptors (Lipinski definition) is 4. The van der Waals surface area contributed by atoms with E-state index in [0.717, 1.165) is 50.1 Å². The van der Waals surface area contributed by atoms with Gasteiger partial charge in [-0.15, -0.1) is 0 Å². The van der Waals surface area contributed by atoms with Gasteiger partial charge in [-0.25, -0.2) is 0 Å². The van der Waals surface area contributed by atoms with Gasteiger partial charge in [-0.2, -0.15) is 0 Å². The van der Waals surface area contributed by atoms with E-state index in [1.807, 2.05) is 0 Å². The summed E-state index contributed by atoms with van der Waals surface area (Å²) in [5.74, 6) is 1.94. The van der Waals surface area contributed by atoms with Gasteiger partial charge in [0.05, 0.1) is 20.3 Å². The van der Waals surface area contributed by atoms with Crippen molar-refractivity contribution in [2.24, 2.45) is 5.92 Å². The van der Waals surface area contributed by atoms with Crippen molar-refractivity contribution < 1.29 is 14.3 Å². The summed E-state index contributed by atoms with van der Waals surface area (Å²) in [6.45, 7) is 3.08. The summed E-state index contributed by atoms with van der Waals surface area (Å²) in [4.78, 5) is 15.4. The molecule has 0 bridgehead atoms. The van der Waals surface area contributed by atoms with Gasteiger partial charge in [-0.3, -0.25) is 4.79 Å². The fourth-order valence-electron chi connectivity index (χ4n) is 4.97. The molecule has 1 heterocycles. The highest BCUT2D eigenvalue weighted by molar-refractivity contribution is 5.83. The standard InChI is InChI=1S/C25H31NO3/c1-4-17-9-11-19(12-10-17)26-14-13-18-15-23(28-2)24(29-3)16-21(18)25(26)20-7-5-6-8-22(20)27/h9-12,15-16,20,25H,4-8,13-14H2,1-3H3/t20-,25-/m1/s1. The number of methoxy groups -OCH3 is 2. The number of fused-ring (bicyclic) bond motifs is 1. The molecule has 1 aliphatic heterocycles. The zero-order chi connectivity index (χ0) is 20.4. The summed E-state index contributed by atoms with van der Waals surface area (Å²) in [6.07, 6.45) is 5.77. The lowest BCUT2D eigenvalue weighted by Crippen LogP contribution is -2.42. The number of ether oxygens (including phenoxy) is 2. The normalized spacial score (nSPS) is 21.6. The van der Waals surface area contributed by atoms with Gasteiger partial charge in [-0.1, -0.05) is 25.5 Å². The zero-order valence-corrected chi connectivity index (χ0v) is 17.7. The van der Waals surface area contributed by atoms with Gasteiger partial charge < -0.3 is 14.4 Å². The molecule has 0 amide bonds. The molecule has 154 valence electrons. The van der Waals surface area contributed by atoms with E-state index in [4.69, 9.17) is 9.47 Å². The van der Waals surface area contributed by atoms with Crippen molar-refractivity contribution in [2.45, 2.75) is 51.5 Å². The van der Waals surface area contributed by atoms with Crippen molar-refractivity contribution in [3.05, 3.63) is 53.1 Å². The van der Waals surface area contributed by atoms with E-state index in [-0.39, 0.29) is 12.0 Å². The number of hydrogen-bond donors (Lipinski definition) is 0. The minimum atomic E-state index is 0.0340. The average molecular weight is 394 g/mol. The van der Waals surface area contributed by atoms with Crippen molar-refractivity contribution in [2.75, 3.05) is 25.7 Å². The molecular weight excluding hydrogens is 362 g/mol. The van der Waals surface area contributed by atoms with Gasteiger partial charge in [-0.05, 0) is 66.6 Å². The van der Waals surface area contributed by atoms with Crippen LogP contribution in [0.4, 0.5) is 5.69 Å². The maximum absolute atomic E-state index is 13.0. The van der Waals surface area contributed by atoms with Gasteiger partial charge in [0, 0.05) is 24.6 Å². The Kier molecular flexibility index (Phi) is 5.79. The molecule has 4 rings (SSSR count). The van der Waals surface area contributed by atoms with Crippen LogP contribution in [0.2, 0.25) is 0 Å². The van der Waals surface area contributed by atoms with Crippen molar-refractivity contribution in [3.8, 4) is 11.5 Å². The Morgan fingerprint density at radius 1 is 1.00 bits per heavy atom. The first-order valence-electron chi connectivity index (χ1n) is 10.8. The Bertz CT molecular complexity index is 874. The number of aryl methyl sites for hydroxylation is 1. The Labute approximate surface area is 173 Å². The molecule has 4 heteroatoms. The van der Waals surface area contributed by atoms with Crippen LogP contribution in [-0.2, 0) is 17.6 Å². The third-order valence-electron chi connectivity index (χ3n) is 6.58. The fourth-order valence-corrected chi connectivity index (χ4v) is 4.97. The van der Waals surface area contributed by atoms with Gasteiger partial charge in [0.1, 0.15) is 5.78 Å². The highest BCUT2D eigenvalue weighted by Crippen LogP contribution is 2.45. The van der Waals surface area contributed by atoms with Crippen LogP contribution in [0.5, 0.6) is 11.5 Å². The Hall–Kier alpha value is -2.49. The number of benzene rings is 2. The summed E-state index contributed by atoms with van der Waals surface area (Å²) in [5.41, 5.74) is 5.02. The summed E-state index contributed by atoms with van der Waals surface area (Å²) in [5, 5.41) is 0. The predicted octanol–water partition coefficient (Wildman–Crippen LogP) is 5.13. The number of Topliss-reactive ketones (excluding diaryl/α,β-unsaturated/α-hetero) is 1. The van der Waals surface area contributed by atoms with E-state index in [1.54, 1.807) is 14.2 Å². The highest BCUT2D eigenvalue weighted by atomic mass is 16.5. The van der Waals surface area contributed by atoms with Crippen LogP contribution in [0.3, 0.4) is 0 Å². The Morgan fingerprint density at radius 2 is 1.72 bits per heavy atom. The fraction of sp³-hybridized carbons (Fsp3) is 0.480. The molecule has 0 radical (unpaired) electrons. The minimum absolute atomic E-state index is 0.0340. The first kappa shape index (κ1) is 19.8. The first-order chi connectivity index (χ1) is 14.2. The highest BCUT2D eigenvalue weighted by Gasteiger charge is 2.39. The second-order valence-corrected chi connectivity index (χ2v) is 8.13. The van der Waals surface area contributed by atoms with Crippen LogP contribution in [-0.4, -0.2) is 26.5 Å². The van der Waals surface area contributed by atoms with E-state index in [2.05, 4.69) is 48.2 Å². The molecule has 1 aliphatic carbocycles. The smallest absolute Gasteiger partial charge is 0.161 e. The third kappa shape index (κ3) is 3.73. The molecular formula is C25H31NO3. The monoisotopic (exact) mass is 393 g/mol. The van der Waals surface area contributed by atoms with Crippen molar-refractivity contribution in [1.29, 1.82) is 0 Å². The van der Waals surface area contributed by atoms with E-state index >= 15 is 0 Å². The van der Waals surface area contributed by atoms with E-state index in [1.165, 1.54) is 22.4 Å². The van der Waals surface area contributed by atoms with Crippen molar-refractivity contribution >= 4 is 11.5 Å². The third-order valence-corrected chi connectivity index (χ3v) is 6.58. The van der Waals surface area contributed by atoms with E-state index in [9.17, 15) is 4.79 Å². The summed E-state index contributed by atoms with van der Waals surface area (Å²) in [7, 11) is 3.35. The quantitative estimate of drug-likeness (QED) is 0.706. The number of nitrogens with zero attached hydrogens (tertiary/aromatic N) is 1. The topological polar surface area (TPSA) is 38.8 Å². The lowest BCUT2D eigenvalue weighted by molar-refractivity contribution is -0.125. The molecule has 0 aromatic heterocycles. The maximum atomic E-state index is 13.0. The summed E-state index contributed by atoms with van der Waals surface area (Å²) < 4.78 is 11.1. The van der Waals surface area contributed by atoms with Crippen LogP contribution in [0.25, 0.3) is 0 Å². The number of rotatable bonds is 5. The molecule has 2 aromatic carbocycles. The van der Waals surface area contributed by atoms with Crippen LogP contribution in [0.1, 0.15) is 55.3 Å². The molecule has 0 unspecified atom stereocenters. The van der Waals surface area contributed by atoms with E-state index < -0.39 is 0 Å². The molecule has 1 saturated carbocycles. The summed E-state index contributed by atoms with van der Waals surface area (Å²) in [6, 6.07) is 13.1. The van der Waals surface area contributed by atoms with Crippen LogP contribution in [0.15, 0.2) is 36.4 Å². The Balaban J connectivity index is 1.81. The maximum Gasteiger partial charge on any atom is 0.161 e. The molecule has 2 aromatic rings. The SMILES string of the molecule is CCc1ccc(N2CCc3cc(OC)c(OC)cc3[C@H]2[C@@H]2CCCCC2=O)cc1. The molecule has 2 aliphatic rings. The predicted molar refractivity (Wildman–Crippen MR) is 116 cm³/mol. The molecule has 4 nitrogen and oxygen atoms in total. The van der Waals surface area contributed by atoms with Gasteiger partial charge in [0.2, 0.25) is 0 Å². The van der Waals surface area contributed by atoms with E-state index in [0.29, 0.717) is 12.2 Å². The summed E-state index contributed by atoms with van der Waals surface area (Å²) >= 11 is 0. The Morgan fingerprint density at radius 3 is 2.38 bits per heavy atom. The lowest BCUT2D eigenvalue weighted by atomic mass is 9.76. The number of carbonyl (C=O) groups excluding carboxylic acids is 1. The minimum Gasteiger partial charge on any atom is -0.493 e. The molecule has 0 spiro atoms. The van der Waals surface area contributed by atoms with Crippen molar-refractivity contribution in [1.82, 2.24) is 0 Å². The average Bonchev–Trinajstić information content (AvgIpc) is 2.78. The van der Waals surface area contributed by atoms with Gasteiger partial charge in [0.15, 0.2) is 11.5 Å². The van der Waals surface area contributed by atoms with Gasteiger partial charge in [0.25, 0.3) is 0 Å². The molecule has 2 atom stereocenters. The molecule has 29 heavy (non-hydrogen) atoms. The largest absolute Gasteiger partial charge is 0.493 e. The first-order valence-corrected chi connectivity index (χ1v) is 10.8.